The minimum absolute atomic E-state index is 0.297. The second kappa shape index (κ2) is 7.09. The summed E-state index contributed by atoms with van der Waals surface area (Å²) < 4.78 is 0. The molecule has 4 nitrogen and oxygen atoms in total. The molecule has 122 valence electrons. The number of aromatic nitrogens is 1. The molecule has 1 amide bonds. The molecule has 1 aromatic rings. The van der Waals surface area contributed by atoms with Crippen molar-refractivity contribution in [1.29, 1.82) is 0 Å². The molecule has 1 aromatic heterocycles. The first-order valence-corrected chi connectivity index (χ1v) is 9.54. The van der Waals surface area contributed by atoms with Crippen LogP contribution < -0.4 is 5.32 Å². The number of piperidine rings is 1. The third-order valence-corrected chi connectivity index (χ3v) is 6.01. The van der Waals surface area contributed by atoms with E-state index in [9.17, 15) is 4.79 Å². The zero-order valence-corrected chi connectivity index (χ0v) is 14.5. The third-order valence-electron chi connectivity index (χ3n) is 4.95. The molecule has 1 aliphatic carbocycles. The van der Waals surface area contributed by atoms with Crippen molar-refractivity contribution in [3.05, 3.63) is 16.1 Å². The normalized spacial score (nSPS) is 25.5. The number of likely N-dealkylation sites (tertiary alicyclic amines) is 1. The van der Waals surface area contributed by atoms with E-state index in [1.165, 1.54) is 23.5 Å². The van der Waals surface area contributed by atoms with E-state index in [-0.39, 0.29) is 0 Å². The highest BCUT2D eigenvalue weighted by Crippen LogP contribution is 2.41. The lowest BCUT2D eigenvalue weighted by atomic mass is 9.89. The van der Waals surface area contributed by atoms with Crippen LogP contribution in [0.3, 0.4) is 0 Å². The third kappa shape index (κ3) is 3.69. The molecule has 1 aliphatic heterocycles. The van der Waals surface area contributed by atoms with Gasteiger partial charge in [0.15, 0.2) is 0 Å². The summed E-state index contributed by atoms with van der Waals surface area (Å²) in [7, 11) is 0. The molecule has 2 fully saturated rings. The highest BCUT2D eigenvalue weighted by molar-refractivity contribution is 7.09. The Bertz CT molecular complexity index is 512. The van der Waals surface area contributed by atoms with Gasteiger partial charge in [-0.25, -0.2) is 4.98 Å². The quantitative estimate of drug-likeness (QED) is 0.875. The van der Waals surface area contributed by atoms with Crippen LogP contribution in [0.2, 0.25) is 0 Å². The fourth-order valence-electron chi connectivity index (χ4n) is 3.32. The Hall–Kier alpha value is -0.940. The Morgan fingerprint density at radius 2 is 2.23 bits per heavy atom. The van der Waals surface area contributed by atoms with Gasteiger partial charge in [0.25, 0.3) is 0 Å². The molecule has 0 bridgehead atoms. The monoisotopic (exact) mass is 321 g/mol. The zero-order chi connectivity index (χ0) is 15.5. The van der Waals surface area contributed by atoms with Crippen LogP contribution in [-0.2, 0) is 11.3 Å². The van der Waals surface area contributed by atoms with Gasteiger partial charge in [0, 0.05) is 43.4 Å². The van der Waals surface area contributed by atoms with Crippen LogP contribution in [0.4, 0.5) is 0 Å². The molecule has 1 saturated carbocycles. The topological polar surface area (TPSA) is 45.2 Å². The van der Waals surface area contributed by atoms with Crippen molar-refractivity contribution in [3.63, 3.8) is 0 Å². The molecule has 2 heterocycles. The van der Waals surface area contributed by atoms with Crippen molar-refractivity contribution in [1.82, 2.24) is 15.2 Å². The van der Waals surface area contributed by atoms with E-state index in [4.69, 9.17) is 4.98 Å². The van der Waals surface area contributed by atoms with Crippen LogP contribution in [0, 0.1) is 5.92 Å². The van der Waals surface area contributed by atoms with Crippen LogP contribution in [0.5, 0.6) is 0 Å². The van der Waals surface area contributed by atoms with Gasteiger partial charge in [-0.3, -0.25) is 4.79 Å². The second-order valence-electron chi connectivity index (χ2n) is 6.59. The SMILES string of the molecule is CCC(=O)N1CC[C@H](NCc2csc(C3CC3)n2)[C@@H](CC)C1. The maximum absolute atomic E-state index is 11.9. The van der Waals surface area contributed by atoms with Crippen molar-refractivity contribution in [2.24, 2.45) is 5.92 Å². The Morgan fingerprint density at radius 3 is 2.91 bits per heavy atom. The van der Waals surface area contributed by atoms with Crippen LogP contribution in [-0.4, -0.2) is 34.9 Å². The number of carbonyl (C=O) groups excluding carboxylic acids is 1. The molecule has 3 rings (SSSR count). The molecule has 0 unspecified atom stereocenters. The van der Waals surface area contributed by atoms with E-state index >= 15 is 0 Å². The van der Waals surface area contributed by atoms with E-state index in [1.54, 1.807) is 0 Å². The first kappa shape index (κ1) is 15.9. The minimum Gasteiger partial charge on any atom is -0.342 e. The van der Waals surface area contributed by atoms with Gasteiger partial charge in [-0.1, -0.05) is 20.3 Å². The number of hydrogen-bond acceptors (Lipinski definition) is 4. The Labute approximate surface area is 137 Å². The Balaban J connectivity index is 1.51. The number of nitrogens with one attached hydrogen (secondary N) is 1. The highest BCUT2D eigenvalue weighted by atomic mass is 32.1. The van der Waals surface area contributed by atoms with Gasteiger partial charge in [0.2, 0.25) is 5.91 Å². The van der Waals surface area contributed by atoms with Crippen molar-refractivity contribution in [2.45, 2.75) is 64.5 Å². The van der Waals surface area contributed by atoms with Crippen molar-refractivity contribution in [2.75, 3.05) is 13.1 Å². The maximum atomic E-state index is 11.9. The molecule has 1 N–H and O–H groups in total. The molecule has 0 spiro atoms. The summed E-state index contributed by atoms with van der Waals surface area (Å²) in [5.41, 5.74) is 1.19. The first-order chi connectivity index (χ1) is 10.7. The fourth-order valence-corrected chi connectivity index (χ4v) is 4.31. The van der Waals surface area contributed by atoms with Crippen LogP contribution in [0.1, 0.15) is 62.6 Å². The van der Waals surface area contributed by atoms with Gasteiger partial charge in [-0.15, -0.1) is 11.3 Å². The lowest BCUT2D eigenvalue weighted by Gasteiger charge is -2.38. The largest absolute Gasteiger partial charge is 0.342 e. The summed E-state index contributed by atoms with van der Waals surface area (Å²) in [5, 5.41) is 7.23. The fraction of sp³-hybridized carbons (Fsp3) is 0.765. The van der Waals surface area contributed by atoms with Crippen molar-refractivity contribution in [3.8, 4) is 0 Å². The van der Waals surface area contributed by atoms with Crippen LogP contribution in [0.25, 0.3) is 0 Å². The summed E-state index contributed by atoms with van der Waals surface area (Å²) in [4.78, 5) is 18.7. The number of amides is 1. The van der Waals surface area contributed by atoms with E-state index in [1.807, 2.05) is 23.2 Å². The summed E-state index contributed by atoms with van der Waals surface area (Å²) in [5.74, 6) is 1.61. The number of thiazole rings is 1. The average molecular weight is 321 g/mol. The number of carbonyl (C=O) groups is 1. The average Bonchev–Trinajstić information content (AvgIpc) is 3.30. The number of rotatable bonds is 6. The predicted octanol–water partition coefficient (Wildman–Crippen LogP) is 3.15. The smallest absolute Gasteiger partial charge is 0.222 e. The Kier molecular flexibility index (Phi) is 5.14. The molecule has 22 heavy (non-hydrogen) atoms. The first-order valence-electron chi connectivity index (χ1n) is 8.66. The number of nitrogens with zero attached hydrogens (tertiary/aromatic N) is 2. The molecule has 5 heteroatoms. The van der Waals surface area contributed by atoms with Gasteiger partial charge >= 0.3 is 0 Å². The molecule has 2 aliphatic rings. The van der Waals surface area contributed by atoms with Gasteiger partial charge in [0.1, 0.15) is 0 Å². The van der Waals surface area contributed by atoms with Gasteiger partial charge < -0.3 is 10.2 Å². The van der Waals surface area contributed by atoms with Gasteiger partial charge in [-0.05, 0) is 25.2 Å². The summed E-state index contributed by atoms with van der Waals surface area (Å²) in [6.45, 7) is 6.85. The van der Waals surface area contributed by atoms with Crippen molar-refractivity contribution >= 4 is 17.2 Å². The van der Waals surface area contributed by atoms with E-state index in [2.05, 4.69) is 17.6 Å². The second-order valence-corrected chi connectivity index (χ2v) is 7.48. The molecule has 1 saturated heterocycles. The van der Waals surface area contributed by atoms with Crippen molar-refractivity contribution < 1.29 is 4.79 Å². The Morgan fingerprint density at radius 1 is 1.41 bits per heavy atom. The predicted molar refractivity (Wildman–Crippen MR) is 90.0 cm³/mol. The van der Waals surface area contributed by atoms with Crippen LogP contribution in [0.15, 0.2) is 5.38 Å². The van der Waals surface area contributed by atoms with E-state index in [0.717, 1.165) is 38.4 Å². The summed E-state index contributed by atoms with van der Waals surface area (Å²) in [6, 6.07) is 0.511. The van der Waals surface area contributed by atoms with E-state index in [0.29, 0.717) is 24.3 Å². The summed E-state index contributed by atoms with van der Waals surface area (Å²) >= 11 is 1.82. The lowest BCUT2D eigenvalue weighted by Crippen LogP contribution is -2.50. The van der Waals surface area contributed by atoms with E-state index < -0.39 is 0 Å². The molecule has 0 aromatic carbocycles. The van der Waals surface area contributed by atoms with Gasteiger partial charge in [-0.2, -0.15) is 0 Å². The molecular formula is C17H27N3OS. The zero-order valence-electron chi connectivity index (χ0n) is 13.7. The number of hydrogen-bond donors (Lipinski definition) is 1. The molecular weight excluding hydrogens is 294 g/mol. The molecule has 2 atom stereocenters. The lowest BCUT2D eigenvalue weighted by molar-refractivity contribution is -0.133. The van der Waals surface area contributed by atoms with Gasteiger partial charge in [0.05, 0.1) is 10.7 Å². The maximum Gasteiger partial charge on any atom is 0.222 e. The molecule has 0 radical (unpaired) electrons. The highest BCUT2D eigenvalue weighted by Gasteiger charge is 2.30. The standard InChI is InChI=1S/C17H27N3OS/c1-3-12-10-20(16(21)4-2)8-7-15(12)18-9-14-11-22-17(19-14)13-5-6-13/h11-13,15,18H,3-10H2,1-2H3/t12-,15-/m0/s1. The minimum atomic E-state index is 0.297. The van der Waals surface area contributed by atoms with Crippen LogP contribution >= 0.6 is 11.3 Å². The summed E-state index contributed by atoms with van der Waals surface area (Å²) in [6.07, 6.45) is 5.45.